The fourth-order valence-corrected chi connectivity index (χ4v) is 4.52. The Morgan fingerprint density at radius 3 is 2.53 bits per heavy atom. The first-order chi connectivity index (χ1) is 17.5. The van der Waals surface area contributed by atoms with Gasteiger partial charge in [0, 0.05) is 24.7 Å². The zero-order valence-electron chi connectivity index (χ0n) is 20.9. The van der Waals surface area contributed by atoms with Gasteiger partial charge in [-0.3, -0.25) is 9.78 Å². The summed E-state index contributed by atoms with van der Waals surface area (Å²) < 4.78 is 0. The summed E-state index contributed by atoms with van der Waals surface area (Å²) in [6.45, 7) is 5.79. The van der Waals surface area contributed by atoms with Crippen molar-refractivity contribution < 1.29 is 4.79 Å². The van der Waals surface area contributed by atoms with E-state index in [9.17, 15) is 4.79 Å². The molecule has 4 aromatic rings. The van der Waals surface area contributed by atoms with Gasteiger partial charge in [0.1, 0.15) is 6.54 Å². The molecule has 4 rings (SSSR count). The number of nitriles is 1. The molecule has 0 saturated heterocycles. The summed E-state index contributed by atoms with van der Waals surface area (Å²) in [4.78, 5) is 17.2. The van der Waals surface area contributed by atoms with Gasteiger partial charge in [0.05, 0.1) is 17.5 Å². The predicted molar refractivity (Wildman–Crippen MR) is 145 cm³/mol. The van der Waals surface area contributed by atoms with Gasteiger partial charge in [-0.25, -0.2) is 0 Å². The number of carbonyl (C=O) groups is 1. The van der Waals surface area contributed by atoms with Crippen molar-refractivity contribution in [2.24, 2.45) is 5.92 Å². The van der Waals surface area contributed by atoms with Crippen LogP contribution in [0.4, 0.5) is 0 Å². The van der Waals surface area contributed by atoms with Gasteiger partial charge in [-0.2, -0.15) is 5.26 Å². The maximum atomic E-state index is 12.7. The van der Waals surface area contributed by atoms with Crippen LogP contribution in [0.25, 0.3) is 22.0 Å². The SMILES string of the molecule is CC(C)CC(C(=O)NCC#N)c1cccc(-c2ccc(CNCc3ccnc4ccccc34)cc2)c1. The molecule has 0 radical (unpaired) electrons. The lowest BCUT2D eigenvalue weighted by Gasteiger charge is -2.19. The molecule has 0 fully saturated rings. The third kappa shape index (κ3) is 6.35. The van der Waals surface area contributed by atoms with E-state index in [1.165, 1.54) is 16.5 Å². The van der Waals surface area contributed by atoms with Crippen molar-refractivity contribution in [3.63, 3.8) is 0 Å². The number of hydrogen-bond acceptors (Lipinski definition) is 4. The highest BCUT2D eigenvalue weighted by atomic mass is 16.1. The molecule has 1 heterocycles. The molecule has 0 bridgehead atoms. The van der Waals surface area contributed by atoms with Crippen LogP contribution in [0.2, 0.25) is 0 Å². The third-order valence-electron chi connectivity index (χ3n) is 6.33. The topological polar surface area (TPSA) is 77.8 Å². The van der Waals surface area contributed by atoms with Crippen molar-refractivity contribution in [3.8, 4) is 17.2 Å². The molecule has 1 aromatic heterocycles. The van der Waals surface area contributed by atoms with Crippen LogP contribution in [0, 0.1) is 17.2 Å². The summed E-state index contributed by atoms with van der Waals surface area (Å²) in [7, 11) is 0. The van der Waals surface area contributed by atoms with Crippen LogP contribution < -0.4 is 10.6 Å². The summed E-state index contributed by atoms with van der Waals surface area (Å²) in [5, 5.41) is 16.3. The summed E-state index contributed by atoms with van der Waals surface area (Å²) in [6.07, 6.45) is 2.60. The van der Waals surface area contributed by atoms with Crippen molar-refractivity contribution in [2.75, 3.05) is 6.54 Å². The molecule has 2 N–H and O–H groups in total. The Bertz CT molecular complexity index is 1350. The van der Waals surface area contributed by atoms with Gasteiger partial charge in [-0.05, 0) is 52.3 Å². The maximum Gasteiger partial charge on any atom is 0.228 e. The van der Waals surface area contributed by atoms with Crippen molar-refractivity contribution in [1.29, 1.82) is 5.26 Å². The first-order valence-electron chi connectivity index (χ1n) is 12.4. The molecule has 36 heavy (non-hydrogen) atoms. The third-order valence-corrected chi connectivity index (χ3v) is 6.33. The Labute approximate surface area is 213 Å². The fraction of sp³-hybridized carbons (Fsp3) is 0.258. The first-order valence-corrected chi connectivity index (χ1v) is 12.4. The van der Waals surface area contributed by atoms with E-state index in [0.717, 1.165) is 41.7 Å². The number of amides is 1. The standard InChI is InChI=1S/C31H32N4O/c1-22(2)18-29(31(36)35-17-15-32)26-7-5-6-25(19-26)24-12-10-23(11-13-24)20-33-21-27-14-16-34-30-9-4-3-8-28(27)30/h3-14,16,19,22,29,33H,17-18,20-21H2,1-2H3,(H,35,36). The second-order valence-electron chi connectivity index (χ2n) is 9.47. The van der Waals surface area contributed by atoms with E-state index in [4.69, 9.17) is 5.26 Å². The van der Waals surface area contributed by atoms with Crippen LogP contribution in [-0.2, 0) is 17.9 Å². The lowest BCUT2D eigenvalue weighted by Crippen LogP contribution is -2.30. The van der Waals surface area contributed by atoms with Crippen LogP contribution in [0.15, 0.2) is 85.1 Å². The molecule has 5 heteroatoms. The Balaban J connectivity index is 1.43. The number of pyridine rings is 1. The van der Waals surface area contributed by atoms with Gasteiger partial charge in [-0.1, -0.05) is 80.6 Å². The molecule has 182 valence electrons. The molecule has 1 unspecified atom stereocenters. The largest absolute Gasteiger partial charge is 0.342 e. The van der Waals surface area contributed by atoms with Crippen LogP contribution in [0.1, 0.15) is 42.9 Å². The molecular weight excluding hydrogens is 444 g/mol. The fourth-order valence-electron chi connectivity index (χ4n) is 4.52. The van der Waals surface area contributed by atoms with Crippen molar-refractivity contribution in [3.05, 3.63) is 102 Å². The predicted octanol–water partition coefficient (Wildman–Crippen LogP) is 5.96. The van der Waals surface area contributed by atoms with Crippen LogP contribution in [-0.4, -0.2) is 17.4 Å². The van der Waals surface area contributed by atoms with E-state index >= 15 is 0 Å². The molecule has 0 saturated carbocycles. The number of nitrogens with one attached hydrogen (secondary N) is 2. The summed E-state index contributed by atoms with van der Waals surface area (Å²) in [5.41, 5.74) is 6.64. The van der Waals surface area contributed by atoms with Crippen molar-refractivity contribution in [2.45, 2.75) is 39.3 Å². The molecule has 0 aliphatic heterocycles. The number of hydrogen-bond donors (Lipinski definition) is 2. The first kappa shape index (κ1) is 25.1. The van der Waals surface area contributed by atoms with Crippen molar-refractivity contribution >= 4 is 16.8 Å². The minimum absolute atomic E-state index is 0.0278. The van der Waals surface area contributed by atoms with Gasteiger partial charge in [0.25, 0.3) is 0 Å². The van der Waals surface area contributed by atoms with Crippen LogP contribution in [0.5, 0.6) is 0 Å². The smallest absolute Gasteiger partial charge is 0.228 e. The van der Waals surface area contributed by atoms with Gasteiger partial charge < -0.3 is 10.6 Å². The van der Waals surface area contributed by atoms with E-state index < -0.39 is 0 Å². The molecular formula is C31H32N4O. The zero-order chi connectivity index (χ0) is 25.3. The van der Waals surface area contributed by atoms with Gasteiger partial charge in [0.2, 0.25) is 5.91 Å². The number of para-hydroxylation sites is 1. The zero-order valence-corrected chi connectivity index (χ0v) is 20.9. The molecule has 3 aromatic carbocycles. The monoisotopic (exact) mass is 476 g/mol. The quantitative estimate of drug-likeness (QED) is 0.277. The number of nitrogens with zero attached hydrogens (tertiary/aromatic N) is 2. The molecule has 1 atom stereocenters. The highest BCUT2D eigenvalue weighted by Gasteiger charge is 2.22. The Hall–Kier alpha value is -4.01. The summed E-state index contributed by atoms with van der Waals surface area (Å²) in [6, 6.07) is 29.0. The van der Waals surface area contributed by atoms with E-state index in [1.54, 1.807) is 0 Å². The Morgan fingerprint density at radius 1 is 0.944 bits per heavy atom. The summed E-state index contributed by atoms with van der Waals surface area (Å²) >= 11 is 0. The Kier molecular flexibility index (Phi) is 8.44. The van der Waals surface area contributed by atoms with E-state index in [2.05, 4.69) is 78.0 Å². The van der Waals surface area contributed by atoms with E-state index in [1.807, 2.05) is 42.6 Å². The molecule has 1 amide bonds. The second-order valence-corrected chi connectivity index (χ2v) is 9.47. The normalized spacial score (nSPS) is 11.8. The Morgan fingerprint density at radius 2 is 1.75 bits per heavy atom. The number of benzene rings is 3. The minimum Gasteiger partial charge on any atom is -0.342 e. The molecule has 0 aliphatic rings. The lowest BCUT2D eigenvalue weighted by atomic mass is 9.88. The molecule has 0 spiro atoms. The highest BCUT2D eigenvalue weighted by molar-refractivity contribution is 5.84. The van der Waals surface area contributed by atoms with Gasteiger partial charge in [0.15, 0.2) is 0 Å². The highest BCUT2D eigenvalue weighted by Crippen LogP contribution is 2.29. The molecule has 5 nitrogen and oxygen atoms in total. The molecule has 0 aliphatic carbocycles. The number of carbonyl (C=O) groups excluding carboxylic acids is 1. The summed E-state index contributed by atoms with van der Waals surface area (Å²) in [5.74, 6) is 0.000233. The second kappa shape index (κ2) is 12.1. The van der Waals surface area contributed by atoms with Crippen molar-refractivity contribution in [1.82, 2.24) is 15.6 Å². The maximum absolute atomic E-state index is 12.7. The average molecular weight is 477 g/mol. The van der Waals surface area contributed by atoms with Crippen LogP contribution >= 0.6 is 0 Å². The van der Waals surface area contributed by atoms with Gasteiger partial charge >= 0.3 is 0 Å². The number of aromatic nitrogens is 1. The van der Waals surface area contributed by atoms with E-state index in [0.29, 0.717) is 5.92 Å². The minimum atomic E-state index is -0.272. The average Bonchev–Trinajstić information content (AvgIpc) is 2.91. The van der Waals surface area contributed by atoms with Gasteiger partial charge in [-0.15, -0.1) is 0 Å². The lowest BCUT2D eigenvalue weighted by molar-refractivity contribution is -0.122. The number of rotatable bonds is 10. The van der Waals surface area contributed by atoms with Crippen LogP contribution in [0.3, 0.4) is 0 Å². The number of fused-ring (bicyclic) bond motifs is 1. The van der Waals surface area contributed by atoms with E-state index in [-0.39, 0.29) is 18.4 Å².